The third-order valence-corrected chi connectivity index (χ3v) is 6.59. The van der Waals surface area contributed by atoms with E-state index in [1.54, 1.807) is 25.3 Å². The highest BCUT2D eigenvalue weighted by Gasteiger charge is 2.31. The van der Waals surface area contributed by atoms with E-state index in [2.05, 4.69) is 10.5 Å². The minimum atomic E-state index is -0.658. The Kier molecular flexibility index (Phi) is 5.78. The molecule has 2 aromatic rings. The summed E-state index contributed by atoms with van der Waals surface area (Å²) in [4.78, 5) is 39.5. The lowest BCUT2D eigenvalue weighted by Crippen LogP contribution is -2.40. The summed E-state index contributed by atoms with van der Waals surface area (Å²) in [6.07, 6.45) is 4.37. The van der Waals surface area contributed by atoms with E-state index in [1.165, 1.54) is 22.1 Å². The third-order valence-electron chi connectivity index (χ3n) is 5.34. The van der Waals surface area contributed by atoms with Crippen molar-refractivity contribution < 1.29 is 14.3 Å². The first kappa shape index (κ1) is 21.8. The molecule has 1 saturated carbocycles. The van der Waals surface area contributed by atoms with Gasteiger partial charge in [0.05, 0.1) is 29.1 Å². The van der Waals surface area contributed by atoms with Gasteiger partial charge in [0.15, 0.2) is 0 Å². The van der Waals surface area contributed by atoms with E-state index in [4.69, 9.17) is 9.47 Å². The lowest BCUT2D eigenvalue weighted by Gasteiger charge is -2.18. The van der Waals surface area contributed by atoms with Crippen molar-refractivity contribution >= 4 is 33.9 Å². The lowest BCUT2D eigenvalue weighted by atomic mass is 10.2. The van der Waals surface area contributed by atoms with E-state index in [-0.39, 0.29) is 23.4 Å². The molecule has 3 heterocycles. The zero-order chi connectivity index (χ0) is 22.3. The molecule has 1 aliphatic heterocycles. The Bertz CT molecular complexity index is 1140. The molecule has 2 aliphatic rings. The standard InChI is InChI=1S/C21H28N4O5S/c1-12-15(10-22-23-19(27)30-21(2,3)4)31-18-16(12)17(26)25(13-7-8-13)20(28)24(18)11-14-6-5-9-29-14/h10,13-14H,5-9,11H2,1-4H3,(H,23,27)/t14-/m1/s1. The second-order valence-corrected chi connectivity index (χ2v) is 10.1. The molecular formula is C21H28N4O5S. The summed E-state index contributed by atoms with van der Waals surface area (Å²) in [5.74, 6) is 0. The number of thiophene rings is 1. The van der Waals surface area contributed by atoms with Crippen molar-refractivity contribution in [2.75, 3.05) is 6.61 Å². The Morgan fingerprint density at radius 1 is 1.32 bits per heavy atom. The number of hydrogen-bond donors (Lipinski definition) is 1. The van der Waals surface area contributed by atoms with Gasteiger partial charge in [-0.3, -0.25) is 13.9 Å². The van der Waals surface area contributed by atoms with Gasteiger partial charge in [-0.2, -0.15) is 5.10 Å². The summed E-state index contributed by atoms with van der Waals surface area (Å²) < 4.78 is 14.0. The summed E-state index contributed by atoms with van der Waals surface area (Å²) >= 11 is 1.32. The van der Waals surface area contributed by atoms with Gasteiger partial charge >= 0.3 is 11.8 Å². The van der Waals surface area contributed by atoms with Crippen molar-refractivity contribution in [1.29, 1.82) is 0 Å². The van der Waals surface area contributed by atoms with Gasteiger partial charge in [0.25, 0.3) is 5.56 Å². The van der Waals surface area contributed by atoms with Crippen LogP contribution in [0.3, 0.4) is 0 Å². The number of fused-ring (bicyclic) bond motifs is 1. The number of amides is 1. The van der Waals surface area contributed by atoms with Gasteiger partial charge in [0.2, 0.25) is 0 Å². The Labute approximate surface area is 183 Å². The van der Waals surface area contributed by atoms with Crippen LogP contribution in [0, 0.1) is 6.92 Å². The molecule has 1 N–H and O–H groups in total. The van der Waals surface area contributed by atoms with Crippen molar-refractivity contribution in [3.8, 4) is 0 Å². The molecule has 1 amide bonds. The molecule has 4 rings (SSSR count). The van der Waals surface area contributed by atoms with Crippen molar-refractivity contribution in [3.63, 3.8) is 0 Å². The fourth-order valence-corrected chi connectivity index (χ4v) is 4.93. The van der Waals surface area contributed by atoms with Crippen LogP contribution in [0.1, 0.15) is 62.9 Å². The molecular weight excluding hydrogens is 420 g/mol. The van der Waals surface area contributed by atoms with Crippen molar-refractivity contribution in [3.05, 3.63) is 31.3 Å². The number of hydrazone groups is 1. The maximum absolute atomic E-state index is 13.2. The first-order chi connectivity index (χ1) is 14.7. The number of aromatic nitrogens is 2. The molecule has 0 aromatic carbocycles. The van der Waals surface area contributed by atoms with Crippen LogP contribution < -0.4 is 16.7 Å². The predicted octanol–water partition coefficient (Wildman–Crippen LogP) is 2.91. The van der Waals surface area contributed by atoms with Gasteiger partial charge in [0, 0.05) is 12.6 Å². The van der Waals surface area contributed by atoms with Crippen molar-refractivity contribution in [2.24, 2.45) is 5.10 Å². The van der Waals surface area contributed by atoms with Crippen LogP contribution in [-0.2, 0) is 16.0 Å². The highest BCUT2D eigenvalue weighted by atomic mass is 32.1. The Balaban J connectivity index is 1.72. The van der Waals surface area contributed by atoms with Gasteiger partial charge in [-0.15, -0.1) is 11.3 Å². The zero-order valence-electron chi connectivity index (χ0n) is 18.3. The highest BCUT2D eigenvalue weighted by Crippen LogP contribution is 2.34. The smallest absolute Gasteiger partial charge is 0.428 e. The number of carbonyl (C=O) groups is 1. The maximum Gasteiger partial charge on any atom is 0.428 e. The predicted molar refractivity (Wildman–Crippen MR) is 119 cm³/mol. The minimum absolute atomic E-state index is 0.0228. The summed E-state index contributed by atoms with van der Waals surface area (Å²) in [6, 6.07) is -0.0228. The van der Waals surface area contributed by atoms with E-state index >= 15 is 0 Å². The number of rotatable bonds is 5. The molecule has 168 valence electrons. The molecule has 2 fully saturated rings. The van der Waals surface area contributed by atoms with E-state index in [0.29, 0.717) is 28.2 Å². The number of carbonyl (C=O) groups excluding carboxylic acids is 1. The molecule has 2 aromatic heterocycles. The van der Waals surface area contributed by atoms with Crippen LogP contribution >= 0.6 is 11.3 Å². The molecule has 1 atom stereocenters. The quantitative estimate of drug-likeness (QED) is 0.559. The summed E-state index contributed by atoms with van der Waals surface area (Å²) in [7, 11) is 0. The van der Waals surface area contributed by atoms with Gasteiger partial charge < -0.3 is 9.47 Å². The number of nitrogens with zero attached hydrogens (tertiary/aromatic N) is 3. The van der Waals surface area contributed by atoms with E-state index in [9.17, 15) is 14.4 Å². The molecule has 0 unspecified atom stereocenters. The Morgan fingerprint density at radius 3 is 2.68 bits per heavy atom. The lowest BCUT2D eigenvalue weighted by molar-refractivity contribution is 0.0529. The van der Waals surface area contributed by atoms with Gasteiger partial charge in [-0.1, -0.05) is 0 Å². The molecule has 9 nitrogen and oxygen atoms in total. The van der Waals surface area contributed by atoms with Crippen LogP contribution in [0.15, 0.2) is 14.7 Å². The van der Waals surface area contributed by atoms with Crippen LogP contribution in [0.5, 0.6) is 0 Å². The van der Waals surface area contributed by atoms with Gasteiger partial charge in [0.1, 0.15) is 10.4 Å². The fourth-order valence-electron chi connectivity index (χ4n) is 3.76. The molecule has 1 saturated heterocycles. The molecule has 0 spiro atoms. The normalized spacial score (nSPS) is 19.4. The number of hydrogen-bond acceptors (Lipinski definition) is 7. The average Bonchev–Trinajstić information content (AvgIpc) is 3.25. The van der Waals surface area contributed by atoms with Crippen LogP contribution in [-0.4, -0.2) is 39.8 Å². The molecule has 1 aliphatic carbocycles. The summed E-state index contributed by atoms with van der Waals surface area (Å²) in [6.45, 7) is 8.27. The van der Waals surface area contributed by atoms with E-state index < -0.39 is 11.7 Å². The van der Waals surface area contributed by atoms with Gasteiger partial charge in [-0.25, -0.2) is 15.0 Å². The first-order valence-electron chi connectivity index (χ1n) is 10.6. The van der Waals surface area contributed by atoms with E-state index in [1.807, 2.05) is 6.92 Å². The number of aryl methyl sites for hydroxylation is 1. The summed E-state index contributed by atoms with van der Waals surface area (Å²) in [5.41, 5.74) is 1.94. The highest BCUT2D eigenvalue weighted by molar-refractivity contribution is 7.20. The third kappa shape index (κ3) is 4.59. The van der Waals surface area contributed by atoms with Gasteiger partial charge in [-0.05, 0) is 58.9 Å². The molecule has 31 heavy (non-hydrogen) atoms. The largest absolute Gasteiger partial charge is 0.443 e. The Morgan fingerprint density at radius 2 is 2.06 bits per heavy atom. The summed E-state index contributed by atoms with van der Waals surface area (Å²) in [5, 5.41) is 4.51. The number of nitrogens with one attached hydrogen (secondary N) is 1. The number of ether oxygens (including phenoxy) is 2. The second kappa shape index (κ2) is 8.23. The minimum Gasteiger partial charge on any atom is -0.443 e. The molecule has 0 radical (unpaired) electrons. The van der Waals surface area contributed by atoms with E-state index in [0.717, 1.165) is 31.2 Å². The molecule has 10 heteroatoms. The second-order valence-electron chi connectivity index (χ2n) is 9.08. The van der Waals surface area contributed by atoms with Crippen LogP contribution in [0.4, 0.5) is 4.79 Å². The molecule has 0 bridgehead atoms. The average molecular weight is 449 g/mol. The first-order valence-corrected chi connectivity index (χ1v) is 11.4. The monoisotopic (exact) mass is 448 g/mol. The topological polar surface area (TPSA) is 104 Å². The maximum atomic E-state index is 13.2. The SMILES string of the molecule is Cc1c(C=NNC(=O)OC(C)(C)C)sc2c1c(=O)n(C1CC1)c(=O)n2C[C@H]1CCCO1. The van der Waals surface area contributed by atoms with Crippen LogP contribution in [0.25, 0.3) is 10.2 Å². The van der Waals surface area contributed by atoms with Crippen molar-refractivity contribution in [1.82, 2.24) is 14.6 Å². The Hall–Kier alpha value is -2.46. The van der Waals surface area contributed by atoms with Crippen LogP contribution in [0.2, 0.25) is 0 Å². The zero-order valence-corrected chi connectivity index (χ0v) is 19.1. The van der Waals surface area contributed by atoms with Crippen molar-refractivity contribution in [2.45, 2.75) is 77.7 Å². The fraction of sp³-hybridized carbons (Fsp3) is 0.619.